The SMILES string of the molecule is CC(=O)Nc1cc2ccc(OCCNCCCCc3c[nH]c4ccc(C#N)cc34)cc2oc1=O. The lowest BCUT2D eigenvalue weighted by molar-refractivity contribution is -0.114. The van der Waals surface area contributed by atoms with Gasteiger partial charge >= 0.3 is 5.63 Å². The highest BCUT2D eigenvalue weighted by Crippen LogP contribution is 2.22. The van der Waals surface area contributed by atoms with Crippen LogP contribution in [0.4, 0.5) is 5.69 Å². The molecule has 4 aromatic rings. The number of hydrogen-bond acceptors (Lipinski definition) is 6. The molecule has 2 aromatic heterocycles. The third-order valence-corrected chi connectivity index (χ3v) is 5.51. The number of amides is 1. The Morgan fingerprint density at radius 2 is 2.03 bits per heavy atom. The van der Waals surface area contributed by atoms with Gasteiger partial charge < -0.3 is 24.8 Å². The number of nitrogens with zero attached hydrogens (tertiary/aromatic N) is 1. The molecule has 0 saturated carbocycles. The van der Waals surface area contributed by atoms with Crippen molar-refractivity contribution >= 4 is 33.5 Å². The van der Waals surface area contributed by atoms with Gasteiger partial charge in [0.15, 0.2) is 0 Å². The Balaban J connectivity index is 1.18. The van der Waals surface area contributed by atoms with Gasteiger partial charge in [-0.15, -0.1) is 0 Å². The molecule has 2 aromatic carbocycles. The number of ether oxygens (including phenoxy) is 1. The molecule has 8 heteroatoms. The number of carbonyl (C=O) groups is 1. The average Bonchev–Trinajstić information content (AvgIpc) is 3.23. The largest absolute Gasteiger partial charge is 0.492 e. The molecule has 0 saturated heterocycles. The molecule has 0 fully saturated rings. The fourth-order valence-electron chi connectivity index (χ4n) is 3.84. The summed E-state index contributed by atoms with van der Waals surface area (Å²) in [5, 5.41) is 16.8. The number of aromatic amines is 1. The maximum absolute atomic E-state index is 12.0. The minimum Gasteiger partial charge on any atom is -0.492 e. The van der Waals surface area contributed by atoms with Crippen LogP contribution in [-0.2, 0) is 11.2 Å². The smallest absolute Gasteiger partial charge is 0.360 e. The fraction of sp³-hybridized carbons (Fsp3) is 0.269. The lowest BCUT2D eigenvalue weighted by atomic mass is 10.1. The predicted molar refractivity (Wildman–Crippen MR) is 131 cm³/mol. The molecule has 0 aliphatic rings. The third-order valence-electron chi connectivity index (χ3n) is 5.51. The molecule has 0 aliphatic carbocycles. The monoisotopic (exact) mass is 458 g/mol. The average molecular weight is 459 g/mol. The molecule has 0 aliphatic heterocycles. The van der Waals surface area contributed by atoms with Crippen molar-refractivity contribution in [3.8, 4) is 11.8 Å². The van der Waals surface area contributed by atoms with Gasteiger partial charge in [0.2, 0.25) is 5.91 Å². The second-order valence-electron chi connectivity index (χ2n) is 8.07. The van der Waals surface area contributed by atoms with E-state index in [1.54, 1.807) is 24.3 Å². The zero-order valence-corrected chi connectivity index (χ0v) is 18.9. The zero-order valence-electron chi connectivity index (χ0n) is 18.9. The number of aromatic nitrogens is 1. The van der Waals surface area contributed by atoms with E-state index >= 15 is 0 Å². The van der Waals surface area contributed by atoms with Gasteiger partial charge in [-0.3, -0.25) is 4.79 Å². The van der Waals surface area contributed by atoms with Gasteiger partial charge in [0.05, 0.1) is 11.6 Å². The summed E-state index contributed by atoms with van der Waals surface area (Å²) in [5.74, 6) is 0.284. The second kappa shape index (κ2) is 10.7. The molecule has 174 valence electrons. The summed E-state index contributed by atoms with van der Waals surface area (Å²) in [6, 6.07) is 14.8. The molecule has 0 spiro atoms. The van der Waals surface area contributed by atoms with Crippen LogP contribution in [0.15, 0.2) is 57.9 Å². The second-order valence-corrected chi connectivity index (χ2v) is 8.07. The van der Waals surface area contributed by atoms with Crippen molar-refractivity contribution in [2.45, 2.75) is 26.2 Å². The van der Waals surface area contributed by atoms with E-state index < -0.39 is 5.63 Å². The zero-order chi connectivity index (χ0) is 23.9. The number of fused-ring (bicyclic) bond motifs is 2. The van der Waals surface area contributed by atoms with Gasteiger partial charge in [0.25, 0.3) is 0 Å². The number of hydrogen-bond donors (Lipinski definition) is 3. The molecule has 4 rings (SSSR count). The Bertz CT molecular complexity index is 1410. The van der Waals surface area contributed by atoms with E-state index in [0.717, 1.165) is 36.7 Å². The van der Waals surface area contributed by atoms with E-state index in [2.05, 4.69) is 21.7 Å². The van der Waals surface area contributed by atoms with E-state index in [1.165, 1.54) is 12.5 Å². The minimum absolute atomic E-state index is 0.120. The Morgan fingerprint density at radius 1 is 1.15 bits per heavy atom. The van der Waals surface area contributed by atoms with Crippen molar-refractivity contribution in [2.24, 2.45) is 0 Å². The molecule has 0 unspecified atom stereocenters. The minimum atomic E-state index is -0.598. The summed E-state index contributed by atoms with van der Waals surface area (Å²) < 4.78 is 11.1. The highest BCUT2D eigenvalue weighted by molar-refractivity contribution is 5.91. The number of anilines is 1. The number of nitrogens with one attached hydrogen (secondary N) is 3. The van der Waals surface area contributed by atoms with Crippen LogP contribution in [0.1, 0.15) is 30.9 Å². The number of aryl methyl sites for hydroxylation is 1. The number of nitriles is 1. The maximum atomic E-state index is 12.0. The highest BCUT2D eigenvalue weighted by Gasteiger charge is 2.08. The van der Waals surface area contributed by atoms with Crippen molar-refractivity contribution < 1.29 is 13.9 Å². The highest BCUT2D eigenvalue weighted by atomic mass is 16.5. The first-order valence-electron chi connectivity index (χ1n) is 11.2. The normalized spacial score (nSPS) is 10.9. The number of unbranched alkanes of at least 4 members (excludes halogenated alkanes) is 1. The van der Waals surface area contributed by atoms with Crippen molar-refractivity contribution in [1.82, 2.24) is 10.3 Å². The number of carbonyl (C=O) groups excluding carboxylic acids is 1. The molecular weight excluding hydrogens is 432 g/mol. The van der Waals surface area contributed by atoms with Crippen molar-refractivity contribution in [3.63, 3.8) is 0 Å². The summed E-state index contributed by atoms with van der Waals surface area (Å²) in [5.41, 5.74) is 2.91. The number of benzene rings is 2. The first-order valence-corrected chi connectivity index (χ1v) is 11.2. The van der Waals surface area contributed by atoms with Gasteiger partial charge in [0.1, 0.15) is 23.6 Å². The van der Waals surface area contributed by atoms with Gasteiger partial charge in [0, 0.05) is 42.0 Å². The fourth-order valence-corrected chi connectivity index (χ4v) is 3.84. The summed E-state index contributed by atoms with van der Waals surface area (Å²) in [7, 11) is 0. The van der Waals surface area contributed by atoms with Crippen molar-refractivity contribution in [1.29, 1.82) is 5.26 Å². The number of H-pyrrole nitrogens is 1. The molecular formula is C26H26N4O4. The van der Waals surface area contributed by atoms with Gasteiger partial charge in [-0.2, -0.15) is 5.26 Å². The first kappa shape index (κ1) is 23.1. The quantitative estimate of drug-likeness (QED) is 0.243. The summed E-state index contributed by atoms with van der Waals surface area (Å²) in [6.07, 6.45) is 5.06. The standard InChI is InChI=1S/C26H26N4O4/c1-17(31)30-24-13-19-6-7-21(14-25(19)34-26(24)32)33-11-10-28-9-3-2-4-20-16-29-23-8-5-18(15-27)12-22(20)23/h5-8,12-14,16,28-29H,2-4,9-11H2,1H3,(H,30,31). The third kappa shape index (κ3) is 5.63. The molecule has 0 bridgehead atoms. The predicted octanol–water partition coefficient (Wildman–Crippen LogP) is 4.10. The topological polar surface area (TPSA) is 120 Å². The van der Waals surface area contributed by atoms with E-state index in [4.69, 9.17) is 14.4 Å². The Hall–Kier alpha value is -4.09. The van der Waals surface area contributed by atoms with E-state index in [9.17, 15) is 9.59 Å². The van der Waals surface area contributed by atoms with E-state index in [1.807, 2.05) is 24.4 Å². The van der Waals surface area contributed by atoms with Gasteiger partial charge in [-0.1, -0.05) is 0 Å². The van der Waals surface area contributed by atoms with E-state index in [0.29, 0.717) is 35.4 Å². The van der Waals surface area contributed by atoms with Crippen LogP contribution in [-0.4, -0.2) is 30.6 Å². The molecule has 0 radical (unpaired) electrons. The Labute approximate surface area is 196 Å². The molecule has 0 atom stereocenters. The Morgan fingerprint density at radius 3 is 2.85 bits per heavy atom. The van der Waals surface area contributed by atoms with Crippen LogP contribution in [0.2, 0.25) is 0 Å². The molecule has 1 amide bonds. The maximum Gasteiger partial charge on any atom is 0.360 e. The molecule has 3 N–H and O–H groups in total. The van der Waals surface area contributed by atoms with Gasteiger partial charge in [-0.05, 0) is 67.8 Å². The van der Waals surface area contributed by atoms with Crippen LogP contribution in [0.5, 0.6) is 5.75 Å². The lowest BCUT2D eigenvalue weighted by Crippen LogP contribution is -2.22. The molecule has 8 nitrogen and oxygen atoms in total. The summed E-state index contributed by atoms with van der Waals surface area (Å²) in [4.78, 5) is 26.4. The Kier molecular flexibility index (Phi) is 7.25. The van der Waals surface area contributed by atoms with Crippen LogP contribution in [0.3, 0.4) is 0 Å². The van der Waals surface area contributed by atoms with Crippen LogP contribution in [0, 0.1) is 11.3 Å². The molecule has 2 heterocycles. The first-order chi connectivity index (χ1) is 16.5. The number of rotatable bonds is 10. The van der Waals surface area contributed by atoms with Crippen molar-refractivity contribution in [3.05, 3.63) is 70.2 Å². The molecule has 34 heavy (non-hydrogen) atoms. The van der Waals surface area contributed by atoms with Crippen molar-refractivity contribution in [2.75, 3.05) is 25.0 Å². The summed E-state index contributed by atoms with van der Waals surface area (Å²) in [6.45, 7) is 3.40. The van der Waals surface area contributed by atoms with Gasteiger partial charge in [-0.25, -0.2) is 4.79 Å². The van der Waals surface area contributed by atoms with E-state index in [-0.39, 0.29) is 11.6 Å². The summed E-state index contributed by atoms with van der Waals surface area (Å²) >= 11 is 0. The van der Waals surface area contributed by atoms with Crippen LogP contribution < -0.4 is 21.0 Å². The van der Waals surface area contributed by atoms with Crippen LogP contribution >= 0.6 is 0 Å². The lowest BCUT2D eigenvalue weighted by Gasteiger charge is -2.09. The van der Waals surface area contributed by atoms with Crippen LogP contribution in [0.25, 0.3) is 21.9 Å².